The third-order valence-corrected chi connectivity index (χ3v) is 2.24. The van der Waals surface area contributed by atoms with Gasteiger partial charge in [-0.3, -0.25) is 9.59 Å². The first-order valence-electron chi connectivity index (χ1n) is 5.55. The predicted molar refractivity (Wildman–Crippen MR) is 65.4 cm³/mol. The Morgan fingerprint density at radius 1 is 1.20 bits per heavy atom. The molecule has 0 aliphatic rings. The van der Waals surface area contributed by atoms with Crippen LogP contribution in [0.3, 0.4) is 0 Å². The topological polar surface area (TPSA) is 133 Å². The van der Waals surface area contributed by atoms with E-state index < -0.39 is 36.9 Å². The maximum Gasteiger partial charge on any atom is 0.326 e. The number of hydrogen-bond acceptors (Lipinski definition) is 5. The summed E-state index contributed by atoms with van der Waals surface area (Å²) >= 11 is 0. The van der Waals surface area contributed by atoms with Gasteiger partial charge in [0, 0.05) is 0 Å². The molecule has 20 heavy (non-hydrogen) atoms. The van der Waals surface area contributed by atoms with Gasteiger partial charge in [0.25, 0.3) is 5.91 Å². The minimum absolute atomic E-state index is 0.0627. The fraction of sp³-hybridized carbons (Fsp3) is 0.250. The van der Waals surface area contributed by atoms with Gasteiger partial charge >= 0.3 is 11.9 Å². The van der Waals surface area contributed by atoms with E-state index in [2.05, 4.69) is 0 Å². The minimum atomic E-state index is -1.53. The molecular formula is C12H13NO7. The van der Waals surface area contributed by atoms with Crippen molar-refractivity contribution in [2.75, 3.05) is 6.61 Å². The van der Waals surface area contributed by atoms with Gasteiger partial charge in [-0.2, -0.15) is 0 Å². The molecule has 1 amide bonds. The molecule has 8 nitrogen and oxygen atoms in total. The smallest absolute Gasteiger partial charge is 0.326 e. The molecule has 4 N–H and O–H groups in total. The van der Waals surface area contributed by atoms with Crippen LogP contribution in [0.4, 0.5) is 0 Å². The molecule has 0 aliphatic heterocycles. The van der Waals surface area contributed by atoms with E-state index in [0.29, 0.717) is 0 Å². The molecule has 1 atom stereocenters. The first kappa shape index (κ1) is 15.3. The van der Waals surface area contributed by atoms with Crippen molar-refractivity contribution >= 4 is 17.8 Å². The van der Waals surface area contributed by atoms with Gasteiger partial charge in [-0.05, 0) is 12.1 Å². The Labute approximate surface area is 113 Å². The Hall–Kier alpha value is -2.77. The maximum absolute atomic E-state index is 11.5. The zero-order chi connectivity index (χ0) is 15.1. The second-order valence-corrected chi connectivity index (χ2v) is 3.81. The Morgan fingerprint density at radius 3 is 2.40 bits per heavy atom. The third-order valence-electron chi connectivity index (χ3n) is 2.24. The number of carboxylic acids is 2. The van der Waals surface area contributed by atoms with Crippen LogP contribution < -0.4 is 10.1 Å². The monoisotopic (exact) mass is 283 g/mol. The molecule has 0 heterocycles. The molecule has 0 spiro atoms. The summed E-state index contributed by atoms with van der Waals surface area (Å²) in [4.78, 5) is 32.6. The molecule has 1 aromatic rings. The van der Waals surface area contributed by atoms with Gasteiger partial charge in [-0.25, -0.2) is 4.79 Å². The number of ether oxygens (including phenoxy) is 1. The number of carbonyl (C=O) groups excluding carboxylic acids is 1. The molecule has 1 aromatic carbocycles. The third kappa shape index (κ3) is 4.84. The van der Waals surface area contributed by atoms with Crippen molar-refractivity contribution < 1.29 is 34.4 Å². The summed E-state index contributed by atoms with van der Waals surface area (Å²) < 4.78 is 4.98. The fourth-order valence-electron chi connectivity index (χ4n) is 1.33. The Kier molecular flexibility index (Phi) is 5.33. The zero-order valence-electron chi connectivity index (χ0n) is 10.3. The number of hydrogen-bond donors (Lipinski definition) is 4. The second kappa shape index (κ2) is 6.98. The van der Waals surface area contributed by atoms with Crippen LogP contribution >= 0.6 is 0 Å². The predicted octanol–water partition coefficient (Wildman–Crippen LogP) is -0.185. The van der Waals surface area contributed by atoms with E-state index in [1.165, 1.54) is 12.1 Å². The van der Waals surface area contributed by atoms with Crippen molar-refractivity contribution in [1.82, 2.24) is 5.32 Å². The van der Waals surface area contributed by atoms with E-state index in [1.807, 2.05) is 5.32 Å². The van der Waals surface area contributed by atoms with Crippen LogP contribution in [-0.4, -0.2) is 45.8 Å². The van der Waals surface area contributed by atoms with Crippen molar-refractivity contribution in [3.05, 3.63) is 24.3 Å². The highest BCUT2D eigenvalue weighted by Crippen LogP contribution is 2.23. The number of para-hydroxylation sites is 2. The molecule has 0 aliphatic carbocycles. The molecule has 108 valence electrons. The van der Waals surface area contributed by atoms with E-state index in [-0.39, 0.29) is 11.5 Å². The Morgan fingerprint density at radius 2 is 1.85 bits per heavy atom. The number of aliphatic carboxylic acids is 2. The molecule has 0 bridgehead atoms. The quantitative estimate of drug-likeness (QED) is 0.545. The van der Waals surface area contributed by atoms with Crippen LogP contribution in [0.25, 0.3) is 0 Å². The Balaban J connectivity index is 2.52. The van der Waals surface area contributed by atoms with Crippen molar-refractivity contribution in [2.24, 2.45) is 0 Å². The lowest BCUT2D eigenvalue weighted by molar-refractivity contribution is -0.147. The summed E-state index contributed by atoms with van der Waals surface area (Å²) in [6.07, 6.45) is -0.738. The highest BCUT2D eigenvalue weighted by Gasteiger charge is 2.23. The van der Waals surface area contributed by atoms with Gasteiger partial charge in [0.15, 0.2) is 18.1 Å². The molecule has 0 radical (unpaired) electrons. The number of phenols is 1. The number of benzene rings is 1. The van der Waals surface area contributed by atoms with Crippen molar-refractivity contribution in [3.63, 3.8) is 0 Å². The lowest BCUT2D eigenvalue weighted by Gasteiger charge is -2.13. The second-order valence-electron chi connectivity index (χ2n) is 3.81. The molecule has 0 saturated heterocycles. The van der Waals surface area contributed by atoms with Crippen molar-refractivity contribution in [3.8, 4) is 11.5 Å². The average Bonchev–Trinajstić information content (AvgIpc) is 2.36. The lowest BCUT2D eigenvalue weighted by Crippen LogP contribution is -2.44. The van der Waals surface area contributed by atoms with Crippen LogP contribution in [-0.2, 0) is 14.4 Å². The normalized spacial score (nSPS) is 11.4. The van der Waals surface area contributed by atoms with E-state index in [1.54, 1.807) is 12.1 Å². The number of amides is 1. The van der Waals surface area contributed by atoms with Crippen LogP contribution in [0.5, 0.6) is 11.5 Å². The van der Waals surface area contributed by atoms with Gasteiger partial charge in [0.05, 0.1) is 6.42 Å². The number of phenolic OH excluding ortho intramolecular Hbond substituents is 1. The molecule has 1 unspecified atom stereocenters. The average molecular weight is 283 g/mol. The summed E-state index contributed by atoms with van der Waals surface area (Å²) in [6, 6.07) is 4.40. The van der Waals surface area contributed by atoms with Crippen molar-refractivity contribution in [2.45, 2.75) is 12.5 Å². The van der Waals surface area contributed by atoms with Crippen molar-refractivity contribution in [1.29, 1.82) is 0 Å². The number of nitrogens with one attached hydrogen (secondary N) is 1. The molecular weight excluding hydrogens is 270 g/mol. The van der Waals surface area contributed by atoms with Gasteiger partial charge in [-0.15, -0.1) is 0 Å². The Bertz CT molecular complexity index is 514. The van der Waals surface area contributed by atoms with E-state index in [0.717, 1.165) is 0 Å². The summed E-state index contributed by atoms with van der Waals surface area (Å²) in [6.45, 7) is -0.541. The van der Waals surface area contributed by atoms with Crippen LogP contribution in [0, 0.1) is 0 Å². The zero-order valence-corrected chi connectivity index (χ0v) is 10.3. The number of rotatable bonds is 7. The van der Waals surface area contributed by atoms with Gasteiger partial charge in [0.1, 0.15) is 6.04 Å². The minimum Gasteiger partial charge on any atom is -0.504 e. The fourth-order valence-corrected chi connectivity index (χ4v) is 1.33. The van der Waals surface area contributed by atoms with Crippen LogP contribution in [0.2, 0.25) is 0 Å². The molecule has 8 heteroatoms. The number of carboxylic acid groups (broad SMARTS) is 2. The van der Waals surface area contributed by atoms with E-state index in [9.17, 15) is 19.5 Å². The van der Waals surface area contributed by atoms with Crippen LogP contribution in [0.1, 0.15) is 6.42 Å². The molecule has 0 aromatic heterocycles. The molecule has 1 rings (SSSR count). The van der Waals surface area contributed by atoms with E-state index >= 15 is 0 Å². The first-order valence-corrected chi connectivity index (χ1v) is 5.55. The summed E-state index contributed by atoms with van der Waals surface area (Å²) in [5.74, 6) is -3.71. The largest absolute Gasteiger partial charge is 0.504 e. The first-order chi connectivity index (χ1) is 9.40. The van der Waals surface area contributed by atoms with Gasteiger partial charge in [0.2, 0.25) is 0 Å². The summed E-state index contributed by atoms with van der Waals surface area (Å²) in [5.41, 5.74) is 0. The molecule has 0 saturated carbocycles. The summed E-state index contributed by atoms with van der Waals surface area (Å²) in [7, 11) is 0. The maximum atomic E-state index is 11.5. The highest BCUT2D eigenvalue weighted by atomic mass is 16.5. The van der Waals surface area contributed by atoms with Gasteiger partial charge < -0.3 is 25.4 Å². The standard InChI is InChI=1S/C12H13NO7/c14-8-3-1-2-4-9(8)20-6-10(15)13-7(12(18)19)5-11(16)17/h1-4,7,14H,5-6H2,(H,13,15)(H,16,17)(H,18,19). The highest BCUT2D eigenvalue weighted by molar-refractivity contribution is 5.87. The van der Waals surface area contributed by atoms with E-state index in [4.69, 9.17) is 14.9 Å². The number of aromatic hydroxyl groups is 1. The van der Waals surface area contributed by atoms with Gasteiger partial charge in [-0.1, -0.05) is 12.1 Å². The lowest BCUT2D eigenvalue weighted by atomic mass is 10.2. The van der Waals surface area contributed by atoms with Crippen LogP contribution in [0.15, 0.2) is 24.3 Å². The molecule has 0 fully saturated rings. The summed E-state index contributed by atoms with van der Waals surface area (Å²) in [5, 5.41) is 28.6. The SMILES string of the molecule is O=C(O)CC(NC(=O)COc1ccccc1O)C(=O)O. The number of carbonyl (C=O) groups is 3.